The highest BCUT2D eigenvalue weighted by molar-refractivity contribution is 7.99. The molecule has 22 heavy (non-hydrogen) atoms. The topological polar surface area (TPSA) is 51.2 Å². The maximum atomic E-state index is 12.2. The molecule has 1 aliphatic heterocycles. The van der Waals surface area contributed by atoms with Crippen molar-refractivity contribution in [1.29, 1.82) is 0 Å². The van der Waals surface area contributed by atoms with Gasteiger partial charge in [0.25, 0.3) is 0 Å². The first-order chi connectivity index (χ1) is 10.8. The molecule has 1 amide bonds. The lowest BCUT2D eigenvalue weighted by Crippen LogP contribution is -2.38. The average Bonchev–Trinajstić information content (AvgIpc) is 2.59. The molecule has 3 rings (SSSR count). The fourth-order valence-corrected chi connectivity index (χ4v) is 3.13. The smallest absolute Gasteiger partial charge is 0.226 e. The van der Waals surface area contributed by atoms with E-state index in [1.807, 2.05) is 42.5 Å². The van der Waals surface area contributed by atoms with Crippen molar-refractivity contribution < 1.29 is 9.53 Å². The van der Waals surface area contributed by atoms with E-state index in [4.69, 9.17) is 4.74 Å². The molecule has 0 fully saturated rings. The summed E-state index contributed by atoms with van der Waals surface area (Å²) in [5.74, 6) is 1.68. The first kappa shape index (κ1) is 14.9. The second-order valence-corrected chi connectivity index (χ2v) is 6.24. The third kappa shape index (κ3) is 3.80. The van der Waals surface area contributed by atoms with E-state index < -0.39 is 0 Å². The molecular formula is C17H18N2O2S. The number of carbonyl (C=O) groups is 1. The van der Waals surface area contributed by atoms with Gasteiger partial charge in [-0.3, -0.25) is 4.79 Å². The third-order valence-electron chi connectivity index (χ3n) is 3.54. The predicted octanol–water partition coefficient (Wildman–Crippen LogP) is 2.54. The van der Waals surface area contributed by atoms with E-state index >= 15 is 0 Å². The number of hydrogen-bond acceptors (Lipinski definition) is 4. The predicted molar refractivity (Wildman–Crippen MR) is 87.1 cm³/mol. The van der Waals surface area contributed by atoms with Crippen LogP contribution in [0.1, 0.15) is 5.56 Å². The van der Waals surface area contributed by atoms with Crippen LogP contribution < -0.4 is 10.1 Å². The number of thioether (sulfide) groups is 1. The summed E-state index contributed by atoms with van der Waals surface area (Å²) in [6.07, 6.45) is 2.52. The van der Waals surface area contributed by atoms with Gasteiger partial charge in [0.15, 0.2) is 0 Å². The molecular weight excluding hydrogens is 296 g/mol. The van der Waals surface area contributed by atoms with Crippen LogP contribution >= 0.6 is 11.8 Å². The first-order valence-corrected chi connectivity index (χ1v) is 8.34. The summed E-state index contributed by atoms with van der Waals surface area (Å²) >= 11 is 1.64. The number of para-hydroxylation sites is 1. The third-order valence-corrected chi connectivity index (χ3v) is 4.48. The van der Waals surface area contributed by atoms with Gasteiger partial charge in [-0.1, -0.05) is 24.3 Å². The van der Waals surface area contributed by atoms with Gasteiger partial charge in [-0.25, -0.2) is 4.98 Å². The molecule has 0 spiro atoms. The fourth-order valence-electron chi connectivity index (χ4n) is 2.40. The number of nitrogens with one attached hydrogen (secondary N) is 1. The van der Waals surface area contributed by atoms with Crippen molar-refractivity contribution >= 4 is 17.7 Å². The maximum absolute atomic E-state index is 12.2. The average molecular weight is 314 g/mol. The first-order valence-electron chi connectivity index (χ1n) is 7.35. The quantitative estimate of drug-likeness (QED) is 0.681. The van der Waals surface area contributed by atoms with Crippen molar-refractivity contribution in [2.24, 2.45) is 5.92 Å². The van der Waals surface area contributed by atoms with E-state index in [2.05, 4.69) is 10.3 Å². The minimum Gasteiger partial charge on any atom is -0.492 e. The number of rotatable bonds is 5. The van der Waals surface area contributed by atoms with Crippen LogP contribution in [0.25, 0.3) is 0 Å². The normalized spacial score (nSPS) is 16.5. The molecule has 1 aromatic heterocycles. The van der Waals surface area contributed by atoms with Gasteiger partial charge in [0, 0.05) is 18.5 Å². The Morgan fingerprint density at radius 2 is 2.14 bits per heavy atom. The van der Waals surface area contributed by atoms with Crippen LogP contribution in [0.3, 0.4) is 0 Å². The highest BCUT2D eigenvalue weighted by atomic mass is 32.2. The van der Waals surface area contributed by atoms with E-state index in [1.54, 1.807) is 18.0 Å². The minimum absolute atomic E-state index is 0.0659. The zero-order valence-electron chi connectivity index (χ0n) is 12.2. The minimum atomic E-state index is -0.102. The molecule has 1 aromatic carbocycles. The van der Waals surface area contributed by atoms with Crippen LogP contribution in [-0.4, -0.2) is 29.8 Å². The Balaban J connectivity index is 1.43. The van der Waals surface area contributed by atoms with E-state index in [1.165, 1.54) is 0 Å². The molecule has 0 aliphatic carbocycles. The number of pyridine rings is 1. The van der Waals surface area contributed by atoms with Crippen LogP contribution in [-0.2, 0) is 11.2 Å². The van der Waals surface area contributed by atoms with E-state index in [0.29, 0.717) is 13.2 Å². The van der Waals surface area contributed by atoms with Gasteiger partial charge >= 0.3 is 0 Å². The monoisotopic (exact) mass is 314 g/mol. The summed E-state index contributed by atoms with van der Waals surface area (Å²) in [5, 5.41) is 3.96. The van der Waals surface area contributed by atoms with E-state index in [9.17, 15) is 4.79 Å². The van der Waals surface area contributed by atoms with Crippen molar-refractivity contribution in [2.75, 3.05) is 18.9 Å². The summed E-state index contributed by atoms with van der Waals surface area (Å²) in [4.78, 5) is 16.4. The summed E-state index contributed by atoms with van der Waals surface area (Å²) in [6.45, 7) is 1.09. The van der Waals surface area contributed by atoms with Crippen molar-refractivity contribution in [3.63, 3.8) is 0 Å². The fraction of sp³-hybridized carbons (Fsp3) is 0.294. The van der Waals surface area contributed by atoms with Gasteiger partial charge < -0.3 is 10.1 Å². The van der Waals surface area contributed by atoms with Crippen LogP contribution in [0.5, 0.6) is 5.75 Å². The molecule has 0 unspecified atom stereocenters. The number of amides is 1. The number of ether oxygens (including phenoxy) is 1. The number of benzene rings is 1. The van der Waals surface area contributed by atoms with Gasteiger partial charge in [-0.05, 0) is 30.2 Å². The molecule has 4 nitrogen and oxygen atoms in total. The number of nitrogens with zero attached hydrogens (tertiary/aromatic N) is 1. The van der Waals surface area contributed by atoms with Crippen LogP contribution in [0, 0.1) is 5.92 Å². The Morgan fingerprint density at radius 1 is 1.27 bits per heavy atom. The summed E-state index contributed by atoms with van der Waals surface area (Å²) in [6, 6.07) is 13.7. The summed E-state index contributed by atoms with van der Waals surface area (Å²) in [5.41, 5.74) is 1.11. The molecule has 1 atom stereocenters. The molecule has 0 bridgehead atoms. The standard InChI is InChI=1S/C17H18N2O2S/c20-17(19-9-10-22-16-7-3-4-8-18-16)14-11-13-5-1-2-6-15(13)21-12-14/h1-8,14H,9-12H2,(H,19,20)/t14-/m1/s1. The van der Waals surface area contributed by atoms with Crippen molar-refractivity contribution in [1.82, 2.24) is 10.3 Å². The SMILES string of the molecule is O=C(NCCSc1ccccn1)[C@H]1COc2ccccc2C1. The van der Waals surface area contributed by atoms with Gasteiger partial charge in [-0.15, -0.1) is 11.8 Å². The van der Waals surface area contributed by atoms with Gasteiger partial charge in [0.05, 0.1) is 10.9 Å². The Labute approximate surface area is 134 Å². The molecule has 114 valence electrons. The second-order valence-electron chi connectivity index (χ2n) is 5.13. The second kappa shape index (κ2) is 7.31. The number of carbonyl (C=O) groups excluding carboxylic acids is 1. The van der Waals surface area contributed by atoms with Crippen molar-refractivity contribution in [3.05, 3.63) is 54.2 Å². The Hall–Kier alpha value is -2.01. The molecule has 2 heterocycles. The summed E-state index contributed by atoms with van der Waals surface area (Å²) in [7, 11) is 0. The van der Waals surface area contributed by atoms with Gasteiger partial charge in [0.2, 0.25) is 5.91 Å². The zero-order valence-corrected chi connectivity index (χ0v) is 13.0. The van der Waals surface area contributed by atoms with Crippen molar-refractivity contribution in [3.8, 4) is 5.75 Å². The van der Waals surface area contributed by atoms with Crippen molar-refractivity contribution in [2.45, 2.75) is 11.4 Å². The number of fused-ring (bicyclic) bond motifs is 1. The highest BCUT2D eigenvalue weighted by Gasteiger charge is 2.25. The Morgan fingerprint density at radius 3 is 3.00 bits per heavy atom. The Bertz CT molecular complexity index is 634. The number of hydrogen-bond donors (Lipinski definition) is 1. The molecule has 2 aromatic rings. The summed E-state index contributed by atoms with van der Waals surface area (Å²) < 4.78 is 5.66. The molecule has 0 saturated heterocycles. The number of aromatic nitrogens is 1. The maximum Gasteiger partial charge on any atom is 0.226 e. The van der Waals surface area contributed by atoms with Crippen LogP contribution in [0.4, 0.5) is 0 Å². The molecule has 1 N–H and O–H groups in total. The van der Waals surface area contributed by atoms with Gasteiger partial charge in [-0.2, -0.15) is 0 Å². The molecule has 5 heteroatoms. The lowest BCUT2D eigenvalue weighted by molar-refractivity contribution is -0.126. The van der Waals surface area contributed by atoms with Crippen LogP contribution in [0.2, 0.25) is 0 Å². The molecule has 0 radical (unpaired) electrons. The van der Waals surface area contributed by atoms with E-state index in [0.717, 1.165) is 28.5 Å². The van der Waals surface area contributed by atoms with Gasteiger partial charge in [0.1, 0.15) is 12.4 Å². The molecule has 1 aliphatic rings. The van der Waals surface area contributed by atoms with E-state index in [-0.39, 0.29) is 11.8 Å². The highest BCUT2D eigenvalue weighted by Crippen LogP contribution is 2.26. The lowest BCUT2D eigenvalue weighted by Gasteiger charge is -2.24. The molecule has 0 saturated carbocycles. The lowest BCUT2D eigenvalue weighted by atomic mass is 9.96. The van der Waals surface area contributed by atoms with Crippen LogP contribution in [0.15, 0.2) is 53.7 Å². The largest absolute Gasteiger partial charge is 0.492 e. The zero-order chi connectivity index (χ0) is 15.2. The Kier molecular flexibility index (Phi) is 4.96.